The maximum absolute atomic E-state index is 12.6. The lowest BCUT2D eigenvalue weighted by molar-refractivity contribution is -0.114. The topological polar surface area (TPSA) is 84.5 Å². The third-order valence-corrected chi connectivity index (χ3v) is 5.08. The van der Waals surface area contributed by atoms with Crippen molar-refractivity contribution in [3.8, 4) is 5.75 Å². The fraction of sp³-hybridized carbons (Fsp3) is 0.188. The first-order valence-corrected chi connectivity index (χ1v) is 8.84. The highest BCUT2D eigenvalue weighted by Crippen LogP contribution is 2.30. The highest BCUT2D eigenvalue weighted by molar-refractivity contribution is 7.92. The maximum atomic E-state index is 12.6. The molecular formula is C16H17ClN2O4S. The minimum atomic E-state index is -3.83. The van der Waals surface area contributed by atoms with E-state index in [1.807, 2.05) is 0 Å². The number of anilines is 2. The second kappa shape index (κ2) is 7.11. The molecule has 0 aliphatic carbocycles. The van der Waals surface area contributed by atoms with Gasteiger partial charge in [-0.15, -0.1) is 0 Å². The molecule has 128 valence electrons. The first-order chi connectivity index (χ1) is 11.2. The number of hydrogen-bond donors (Lipinski definition) is 2. The minimum Gasteiger partial charge on any atom is -0.495 e. The van der Waals surface area contributed by atoms with Crippen molar-refractivity contribution in [3.63, 3.8) is 0 Å². The van der Waals surface area contributed by atoms with Crippen LogP contribution in [0.1, 0.15) is 12.5 Å². The molecule has 0 atom stereocenters. The number of amides is 1. The van der Waals surface area contributed by atoms with Crippen LogP contribution < -0.4 is 14.8 Å². The number of sulfonamides is 1. The third kappa shape index (κ3) is 3.98. The van der Waals surface area contributed by atoms with Gasteiger partial charge in [0.1, 0.15) is 5.75 Å². The standard InChI is InChI=1S/C16H17ClN2O4S/c1-10-13(17)5-4-6-14(10)19-24(21,22)12-7-8-15(18-11(2)20)16(9-12)23-3/h4-9,19H,1-3H3,(H,18,20). The number of methoxy groups -OCH3 is 1. The van der Waals surface area contributed by atoms with E-state index in [0.717, 1.165) is 0 Å². The van der Waals surface area contributed by atoms with Gasteiger partial charge in [0.25, 0.3) is 10.0 Å². The number of nitrogens with one attached hydrogen (secondary N) is 2. The summed E-state index contributed by atoms with van der Waals surface area (Å²) in [5.41, 5.74) is 1.42. The Morgan fingerprint density at radius 3 is 2.50 bits per heavy atom. The van der Waals surface area contributed by atoms with Gasteiger partial charge < -0.3 is 10.1 Å². The van der Waals surface area contributed by atoms with Crippen molar-refractivity contribution in [1.82, 2.24) is 0 Å². The van der Waals surface area contributed by atoms with Crippen molar-refractivity contribution in [3.05, 3.63) is 47.0 Å². The van der Waals surface area contributed by atoms with E-state index in [2.05, 4.69) is 10.0 Å². The highest BCUT2D eigenvalue weighted by Gasteiger charge is 2.18. The van der Waals surface area contributed by atoms with Crippen LogP contribution in [0.15, 0.2) is 41.3 Å². The molecule has 0 heterocycles. The molecule has 0 unspecified atom stereocenters. The zero-order valence-corrected chi connectivity index (χ0v) is 15.0. The van der Waals surface area contributed by atoms with Gasteiger partial charge in [0, 0.05) is 18.0 Å². The van der Waals surface area contributed by atoms with E-state index in [-0.39, 0.29) is 16.6 Å². The Bertz CT molecular complexity index is 882. The van der Waals surface area contributed by atoms with Crippen LogP contribution in [0.5, 0.6) is 5.75 Å². The van der Waals surface area contributed by atoms with E-state index in [1.54, 1.807) is 25.1 Å². The fourth-order valence-electron chi connectivity index (χ4n) is 2.05. The summed E-state index contributed by atoms with van der Waals surface area (Å²) in [6.07, 6.45) is 0. The van der Waals surface area contributed by atoms with Gasteiger partial charge in [-0.2, -0.15) is 0 Å². The summed E-state index contributed by atoms with van der Waals surface area (Å²) in [7, 11) is -2.44. The van der Waals surface area contributed by atoms with Crippen molar-refractivity contribution < 1.29 is 17.9 Å². The summed E-state index contributed by atoms with van der Waals surface area (Å²) in [5.74, 6) is -0.0347. The first kappa shape index (κ1) is 18.1. The van der Waals surface area contributed by atoms with Crippen LogP contribution >= 0.6 is 11.6 Å². The average molecular weight is 369 g/mol. The van der Waals surface area contributed by atoms with Crippen LogP contribution in [0.4, 0.5) is 11.4 Å². The zero-order chi connectivity index (χ0) is 17.9. The molecule has 0 bridgehead atoms. The SMILES string of the molecule is COc1cc(S(=O)(=O)Nc2cccc(Cl)c2C)ccc1NC(C)=O. The molecule has 0 spiro atoms. The number of hydrogen-bond acceptors (Lipinski definition) is 4. The first-order valence-electron chi connectivity index (χ1n) is 6.98. The molecule has 24 heavy (non-hydrogen) atoms. The predicted molar refractivity (Wildman–Crippen MR) is 94.3 cm³/mol. The minimum absolute atomic E-state index is 0.00725. The Morgan fingerprint density at radius 1 is 1.17 bits per heavy atom. The molecule has 2 aromatic carbocycles. The molecular weight excluding hydrogens is 352 g/mol. The number of carbonyl (C=O) groups excluding carboxylic acids is 1. The van der Waals surface area contributed by atoms with Crippen molar-refractivity contribution in [1.29, 1.82) is 0 Å². The Balaban J connectivity index is 2.39. The molecule has 0 aliphatic heterocycles. The van der Waals surface area contributed by atoms with Gasteiger partial charge in [-0.05, 0) is 36.8 Å². The lowest BCUT2D eigenvalue weighted by Gasteiger charge is -2.14. The van der Waals surface area contributed by atoms with Crippen LogP contribution in [0, 0.1) is 6.92 Å². The molecule has 2 rings (SSSR count). The van der Waals surface area contributed by atoms with E-state index >= 15 is 0 Å². The van der Waals surface area contributed by atoms with Crippen LogP contribution in [0.3, 0.4) is 0 Å². The number of ether oxygens (including phenoxy) is 1. The second-order valence-electron chi connectivity index (χ2n) is 5.06. The van der Waals surface area contributed by atoms with Gasteiger partial charge in [0.15, 0.2) is 0 Å². The fourth-order valence-corrected chi connectivity index (χ4v) is 3.37. The predicted octanol–water partition coefficient (Wildman–Crippen LogP) is 3.42. The van der Waals surface area contributed by atoms with Crippen LogP contribution in [0.2, 0.25) is 5.02 Å². The molecule has 0 aliphatic rings. The quantitative estimate of drug-likeness (QED) is 0.846. The Labute approximate surface area is 145 Å². The number of benzene rings is 2. The monoisotopic (exact) mass is 368 g/mol. The maximum Gasteiger partial charge on any atom is 0.262 e. The van der Waals surface area contributed by atoms with Gasteiger partial charge in [-0.3, -0.25) is 9.52 Å². The number of halogens is 1. The normalized spacial score (nSPS) is 11.0. The second-order valence-corrected chi connectivity index (χ2v) is 7.15. The highest BCUT2D eigenvalue weighted by atomic mass is 35.5. The van der Waals surface area contributed by atoms with E-state index < -0.39 is 10.0 Å². The molecule has 2 N–H and O–H groups in total. The van der Waals surface area contributed by atoms with Gasteiger partial charge in [-0.25, -0.2) is 8.42 Å². The molecule has 0 fully saturated rings. The lowest BCUT2D eigenvalue weighted by atomic mass is 10.2. The smallest absolute Gasteiger partial charge is 0.262 e. The van der Waals surface area contributed by atoms with Crippen LogP contribution in [-0.2, 0) is 14.8 Å². The van der Waals surface area contributed by atoms with E-state index in [0.29, 0.717) is 22.0 Å². The Morgan fingerprint density at radius 2 is 1.88 bits per heavy atom. The van der Waals surface area contributed by atoms with Crippen LogP contribution in [0.25, 0.3) is 0 Å². The summed E-state index contributed by atoms with van der Waals surface area (Å²) < 4.78 is 32.8. The zero-order valence-electron chi connectivity index (χ0n) is 13.4. The summed E-state index contributed by atoms with van der Waals surface area (Å²) >= 11 is 6.01. The Hall–Kier alpha value is -2.25. The molecule has 0 aromatic heterocycles. The van der Waals surface area contributed by atoms with Crippen molar-refractivity contribution >= 4 is 38.9 Å². The molecule has 6 nitrogen and oxygen atoms in total. The van der Waals surface area contributed by atoms with E-state index in [4.69, 9.17) is 16.3 Å². The molecule has 0 saturated carbocycles. The number of rotatable bonds is 5. The lowest BCUT2D eigenvalue weighted by Crippen LogP contribution is -2.14. The molecule has 2 aromatic rings. The van der Waals surface area contributed by atoms with Crippen molar-refractivity contribution in [2.75, 3.05) is 17.1 Å². The largest absolute Gasteiger partial charge is 0.495 e. The van der Waals surface area contributed by atoms with Crippen LogP contribution in [-0.4, -0.2) is 21.4 Å². The van der Waals surface area contributed by atoms with E-state index in [9.17, 15) is 13.2 Å². The van der Waals surface area contributed by atoms with Gasteiger partial charge in [0.2, 0.25) is 5.91 Å². The van der Waals surface area contributed by atoms with E-state index in [1.165, 1.54) is 32.2 Å². The van der Waals surface area contributed by atoms with Crippen molar-refractivity contribution in [2.45, 2.75) is 18.7 Å². The summed E-state index contributed by atoms with van der Waals surface area (Å²) in [6.45, 7) is 3.08. The van der Waals surface area contributed by atoms with Gasteiger partial charge >= 0.3 is 0 Å². The summed E-state index contributed by atoms with van der Waals surface area (Å²) in [5, 5.41) is 3.04. The van der Waals surface area contributed by atoms with Gasteiger partial charge in [0.05, 0.1) is 23.4 Å². The third-order valence-electron chi connectivity index (χ3n) is 3.31. The molecule has 0 saturated heterocycles. The summed E-state index contributed by atoms with van der Waals surface area (Å²) in [6, 6.07) is 9.17. The van der Waals surface area contributed by atoms with Crippen molar-refractivity contribution in [2.24, 2.45) is 0 Å². The number of carbonyl (C=O) groups is 1. The summed E-state index contributed by atoms with van der Waals surface area (Å²) in [4.78, 5) is 11.2. The average Bonchev–Trinajstić information content (AvgIpc) is 2.51. The molecule has 1 amide bonds. The van der Waals surface area contributed by atoms with Gasteiger partial charge in [-0.1, -0.05) is 17.7 Å². The molecule has 8 heteroatoms. The Kier molecular flexibility index (Phi) is 5.36. The molecule has 0 radical (unpaired) electrons.